The molecule has 1 heterocycles. The molecule has 6 nitrogen and oxygen atoms in total. The minimum atomic E-state index is -0.960. The van der Waals surface area contributed by atoms with E-state index in [9.17, 15) is 24.2 Å². The molecule has 1 aromatic rings. The van der Waals surface area contributed by atoms with E-state index in [1.165, 1.54) is 23.1 Å². The summed E-state index contributed by atoms with van der Waals surface area (Å²) >= 11 is 0. The lowest BCUT2D eigenvalue weighted by Gasteiger charge is -2.15. The van der Waals surface area contributed by atoms with Crippen LogP contribution >= 0.6 is 0 Å². The zero-order valence-electron chi connectivity index (χ0n) is 10.6. The number of aliphatic hydroxyl groups excluding tert-OH is 2. The number of aliphatic hydroxyl groups is 2. The number of rotatable bonds is 3. The Kier molecular flexibility index (Phi) is 4.31. The van der Waals surface area contributed by atoms with Crippen LogP contribution in [0.2, 0.25) is 0 Å². The zero-order chi connectivity index (χ0) is 14.7. The third-order valence-electron chi connectivity index (χ3n) is 3.10. The molecule has 2 atom stereocenters. The van der Waals surface area contributed by atoms with Crippen LogP contribution in [0.15, 0.2) is 24.3 Å². The third-order valence-corrected chi connectivity index (χ3v) is 3.10. The highest BCUT2D eigenvalue weighted by molar-refractivity contribution is 5.96. The zero-order valence-corrected chi connectivity index (χ0v) is 10.6. The molecule has 0 bridgehead atoms. The van der Waals surface area contributed by atoms with Crippen molar-refractivity contribution in [3.8, 4) is 0 Å². The Morgan fingerprint density at radius 3 is 2.55 bits per heavy atom. The van der Waals surface area contributed by atoms with Crippen molar-refractivity contribution in [2.75, 3.05) is 19.6 Å². The number of nitrogens with one attached hydrogen (secondary N) is 1. The number of likely N-dealkylation sites (tertiary alicyclic amines) is 1. The summed E-state index contributed by atoms with van der Waals surface area (Å²) in [5, 5.41) is 21.0. The van der Waals surface area contributed by atoms with E-state index in [-0.39, 0.29) is 25.2 Å². The van der Waals surface area contributed by atoms with Crippen LogP contribution in [0.1, 0.15) is 10.4 Å². The SMILES string of the molecule is O=C(NCC(=O)N1CC(O)C(O)C1)c1cccc(F)c1. The van der Waals surface area contributed by atoms with Crippen molar-refractivity contribution in [2.24, 2.45) is 0 Å². The second kappa shape index (κ2) is 5.98. The van der Waals surface area contributed by atoms with Gasteiger partial charge in [-0.2, -0.15) is 0 Å². The van der Waals surface area contributed by atoms with Crippen LogP contribution in [0.4, 0.5) is 4.39 Å². The molecule has 3 N–H and O–H groups in total. The Balaban J connectivity index is 1.86. The molecule has 0 aliphatic carbocycles. The number of carbonyl (C=O) groups excluding carboxylic acids is 2. The highest BCUT2D eigenvalue weighted by Gasteiger charge is 2.32. The number of amides is 2. The van der Waals surface area contributed by atoms with Crippen LogP contribution in [0.25, 0.3) is 0 Å². The van der Waals surface area contributed by atoms with Crippen LogP contribution in [-0.4, -0.2) is 58.8 Å². The van der Waals surface area contributed by atoms with Gasteiger partial charge in [-0.15, -0.1) is 0 Å². The quantitative estimate of drug-likeness (QED) is 0.671. The molecule has 2 rings (SSSR count). The molecule has 2 unspecified atom stereocenters. The maximum atomic E-state index is 12.9. The van der Waals surface area contributed by atoms with Crippen LogP contribution in [0.5, 0.6) is 0 Å². The second-order valence-corrected chi connectivity index (χ2v) is 4.63. The minimum Gasteiger partial charge on any atom is -0.388 e. The Labute approximate surface area is 114 Å². The average Bonchev–Trinajstić information content (AvgIpc) is 2.76. The molecule has 7 heteroatoms. The fourth-order valence-corrected chi connectivity index (χ4v) is 1.97. The van der Waals surface area contributed by atoms with Gasteiger partial charge in [0.15, 0.2) is 0 Å². The van der Waals surface area contributed by atoms with Crippen molar-refractivity contribution in [1.29, 1.82) is 0 Å². The van der Waals surface area contributed by atoms with E-state index in [1.807, 2.05) is 0 Å². The second-order valence-electron chi connectivity index (χ2n) is 4.63. The molecule has 0 saturated carbocycles. The summed E-state index contributed by atoms with van der Waals surface area (Å²) in [6.07, 6.45) is -1.92. The van der Waals surface area contributed by atoms with E-state index in [1.54, 1.807) is 0 Å². The first kappa shape index (κ1) is 14.4. The molecule has 108 valence electrons. The van der Waals surface area contributed by atoms with Gasteiger partial charge in [0.25, 0.3) is 5.91 Å². The minimum absolute atomic E-state index is 0.0375. The van der Waals surface area contributed by atoms with E-state index < -0.39 is 29.8 Å². The van der Waals surface area contributed by atoms with Crippen molar-refractivity contribution in [3.63, 3.8) is 0 Å². The molecular weight excluding hydrogens is 267 g/mol. The number of β-amino-alcohol motifs (C(OH)–C–C–N with tert-alkyl or cyclic N) is 2. The summed E-state index contributed by atoms with van der Waals surface area (Å²) in [5.74, 6) is -1.50. The topological polar surface area (TPSA) is 89.9 Å². The smallest absolute Gasteiger partial charge is 0.251 e. The molecule has 0 spiro atoms. The first-order chi connectivity index (χ1) is 9.47. The van der Waals surface area contributed by atoms with Gasteiger partial charge in [-0.3, -0.25) is 9.59 Å². The highest BCUT2D eigenvalue weighted by Crippen LogP contribution is 2.09. The van der Waals surface area contributed by atoms with Gasteiger partial charge < -0.3 is 20.4 Å². The largest absolute Gasteiger partial charge is 0.388 e. The predicted molar refractivity (Wildman–Crippen MR) is 67.3 cm³/mol. The number of hydrogen-bond acceptors (Lipinski definition) is 4. The molecule has 1 saturated heterocycles. The van der Waals surface area contributed by atoms with E-state index in [0.29, 0.717) is 0 Å². The molecule has 1 aliphatic rings. The summed E-state index contributed by atoms with van der Waals surface area (Å²) in [6.45, 7) is -0.194. The van der Waals surface area contributed by atoms with E-state index in [0.717, 1.165) is 6.07 Å². The van der Waals surface area contributed by atoms with E-state index >= 15 is 0 Å². The Morgan fingerprint density at radius 1 is 1.30 bits per heavy atom. The average molecular weight is 282 g/mol. The first-order valence-electron chi connectivity index (χ1n) is 6.15. The van der Waals surface area contributed by atoms with Gasteiger partial charge in [-0.1, -0.05) is 6.07 Å². The third kappa shape index (κ3) is 3.31. The number of carbonyl (C=O) groups is 2. The summed E-state index contributed by atoms with van der Waals surface area (Å²) in [7, 11) is 0. The standard InChI is InChI=1S/C13H15FN2O4/c14-9-3-1-2-8(4-9)13(20)15-5-12(19)16-6-10(17)11(18)7-16/h1-4,10-11,17-18H,5-7H2,(H,15,20). The van der Waals surface area contributed by atoms with Gasteiger partial charge in [0.1, 0.15) is 5.82 Å². The van der Waals surface area contributed by atoms with Crippen LogP contribution in [-0.2, 0) is 4.79 Å². The van der Waals surface area contributed by atoms with Crippen molar-refractivity contribution in [2.45, 2.75) is 12.2 Å². The summed E-state index contributed by atoms with van der Waals surface area (Å²) in [6, 6.07) is 5.13. The fourth-order valence-electron chi connectivity index (χ4n) is 1.97. The van der Waals surface area contributed by atoms with Gasteiger partial charge in [0, 0.05) is 18.7 Å². The normalized spacial score (nSPS) is 21.9. The number of nitrogens with zero attached hydrogens (tertiary/aromatic N) is 1. The Bertz CT molecular complexity index is 513. The summed E-state index contributed by atoms with van der Waals surface area (Å²) < 4.78 is 12.9. The molecule has 1 fully saturated rings. The lowest BCUT2D eigenvalue weighted by atomic mass is 10.2. The number of hydrogen-bond donors (Lipinski definition) is 3. The van der Waals surface area contributed by atoms with Crippen molar-refractivity contribution >= 4 is 11.8 Å². The molecule has 0 radical (unpaired) electrons. The Morgan fingerprint density at radius 2 is 1.95 bits per heavy atom. The summed E-state index contributed by atoms with van der Waals surface area (Å²) in [4.78, 5) is 24.7. The van der Waals surface area contributed by atoms with Gasteiger partial charge >= 0.3 is 0 Å². The molecule has 1 aliphatic heterocycles. The maximum Gasteiger partial charge on any atom is 0.251 e. The maximum absolute atomic E-state index is 12.9. The lowest BCUT2D eigenvalue weighted by molar-refractivity contribution is -0.129. The van der Waals surface area contributed by atoms with Gasteiger partial charge in [0.05, 0.1) is 18.8 Å². The van der Waals surface area contributed by atoms with E-state index in [4.69, 9.17) is 0 Å². The number of benzene rings is 1. The van der Waals surface area contributed by atoms with E-state index in [2.05, 4.69) is 5.32 Å². The van der Waals surface area contributed by atoms with Crippen LogP contribution in [0, 0.1) is 5.82 Å². The summed E-state index contributed by atoms with van der Waals surface area (Å²) in [5.41, 5.74) is 0.124. The van der Waals surface area contributed by atoms with Gasteiger partial charge in [0.2, 0.25) is 5.91 Å². The Hall–Kier alpha value is -1.99. The molecular formula is C13H15FN2O4. The first-order valence-corrected chi connectivity index (χ1v) is 6.15. The van der Waals surface area contributed by atoms with Crippen LogP contribution in [0.3, 0.4) is 0 Å². The monoisotopic (exact) mass is 282 g/mol. The van der Waals surface area contributed by atoms with Gasteiger partial charge in [-0.05, 0) is 18.2 Å². The molecule has 0 aromatic heterocycles. The fraction of sp³-hybridized carbons (Fsp3) is 0.385. The van der Waals surface area contributed by atoms with Crippen molar-refractivity contribution in [3.05, 3.63) is 35.6 Å². The number of halogens is 1. The van der Waals surface area contributed by atoms with Crippen molar-refractivity contribution in [1.82, 2.24) is 10.2 Å². The highest BCUT2D eigenvalue weighted by atomic mass is 19.1. The van der Waals surface area contributed by atoms with Crippen LogP contribution < -0.4 is 5.32 Å². The molecule has 1 aromatic carbocycles. The predicted octanol–water partition coefficient (Wildman–Crippen LogP) is -0.880. The van der Waals surface area contributed by atoms with Crippen molar-refractivity contribution < 1.29 is 24.2 Å². The van der Waals surface area contributed by atoms with Gasteiger partial charge in [-0.25, -0.2) is 4.39 Å². The molecule has 2 amide bonds. The molecule has 20 heavy (non-hydrogen) atoms. The lowest BCUT2D eigenvalue weighted by Crippen LogP contribution is -2.39.